The van der Waals surface area contributed by atoms with E-state index in [1.165, 1.54) is 17.2 Å². The van der Waals surface area contributed by atoms with E-state index in [2.05, 4.69) is 37.4 Å². The standard InChI is InChI=1S/C16H17ClFN/c1-10-7-11(2)9-13(8-10)12(3)19-16-14(17)5-4-6-15(16)18/h4-9,12,19H,1-3H3. The monoisotopic (exact) mass is 277 g/mol. The first kappa shape index (κ1) is 13.9. The van der Waals surface area contributed by atoms with Crippen LogP contribution in [0.2, 0.25) is 5.02 Å². The highest BCUT2D eigenvalue weighted by molar-refractivity contribution is 6.33. The maximum atomic E-state index is 13.7. The van der Waals surface area contributed by atoms with Crippen molar-refractivity contribution in [2.75, 3.05) is 5.32 Å². The minimum Gasteiger partial charge on any atom is -0.375 e. The van der Waals surface area contributed by atoms with Crippen LogP contribution in [-0.2, 0) is 0 Å². The number of nitrogens with one attached hydrogen (secondary N) is 1. The van der Waals surface area contributed by atoms with E-state index in [4.69, 9.17) is 11.6 Å². The van der Waals surface area contributed by atoms with Gasteiger partial charge in [-0.2, -0.15) is 0 Å². The molecule has 1 atom stereocenters. The maximum absolute atomic E-state index is 13.7. The van der Waals surface area contributed by atoms with Gasteiger partial charge in [-0.25, -0.2) is 4.39 Å². The zero-order valence-corrected chi connectivity index (χ0v) is 12.1. The van der Waals surface area contributed by atoms with E-state index < -0.39 is 0 Å². The van der Waals surface area contributed by atoms with E-state index in [1.807, 2.05) is 6.92 Å². The summed E-state index contributed by atoms with van der Waals surface area (Å²) in [4.78, 5) is 0. The van der Waals surface area contributed by atoms with Crippen molar-refractivity contribution in [3.05, 3.63) is 63.9 Å². The minimum atomic E-state index is -0.330. The molecule has 0 saturated carbocycles. The molecule has 2 rings (SSSR count). The Balaban J connectivity index is 2.28. The fourth-order valence-electron chi connectivity index (χ4n) is 2.20. The van der Waals surface area contributed by atoms with Gasteiger partial charge in [0.2, 0.25) is 0 Å². The third kappa shape index (κ3) is 3.27. The molecule has 2 aromatic rings. The van der Waals surface area contributed by atoms with E-state index >= 15 is 0 Å². The number of rotatable bonds is 3. The SMILES string of the molecule is Cc1cc(C)cc(C(C)Nc2c(F)cccc2Cl)c1. The van der Waals surface area contributed by atoms with Crippen LogP contribution in [0, 0.1) is 19.7 Å². The highest BCUT2D eigenvalue weighted by Crippen LogP contribution is 2.29. The number of halogens is 2. The van der Waals surface area contributed by atoms with Crippen LogP contribution in [0.15, 0.2) is 36.4 Å². The van der Waals surface area contributed by atoms with E-state index in [0.29, 0.717) is 10.7 Å². The number of hydrogen-bond donors (Lipinski definition) is 1. The van der Waals surface area contributed by atoms with Crippen molar-refractivity contribution >= 4 is 17.3 Å². The Hall–Kier alpha value is -1.54. The first-order valence-corrected chi connectivity index (χ1v) is 6.64. The van der Waals surface area contributed by atoms with Gasteiger partial charge in [-0.3, -0.25) is 0 Å². The molecule has 0 saturated heterocycles. The molecule has 1 nitrogen and oxygen atoms in total. The van der Waals surface area contributed by atoms with Crippen LogP contribution in [0.5, 0.6) is 0 Å². The average molecular weight is 278 g/mol. The minimum absolute atomic E-state index is 0.00648. The number of aryl methyl sites for hydroxylation is 2. The van der Waals surface area contributed by atoms with Crippen molar-refractivity contribution in [1.82, 2.24) is 0 Å². The summed E-state index contributed by atoms with van der Waals surface area (Å²) in [5.41, 5.74) is 3.87. The average Bonchev–Trinajstić information content (AvgIpc) is 2.32. The summed E-state index contributed by atoms with van der Waals surface area (Å²) >= 11 is 6.02. The van der Waals surface area contributed by atoms with Crippen molar-refractivity contribution in [2.45, 2.75) is 26.8 Å². The molecule has 1 N–H and O–H groups in total. The highest BCUT2D eigenvalue weighted by atomic mass is 35.5. The van der Waals surface area contributed by atoms with Crippen LogP contribution in [0.1, 0.15) is 29.7 Å². The lowest BCUT2D eigenvalue weighted by molar-refractivity contribution is 0.627. The van der Waals surface area contributed by atoms with Crippen LogP contribution in [0.3, 0.4) is 0 Å². The molecule has 0 amide bonds. The van der Waals surface area contributed by atoms with Gasteiger partial charge in [-0.05, 0) is 38.5 Å². The lowest BCUT2D eigenvalue weighted by Gasteiger charge is -2.18. The molecule has 0 aliphatic carbocycles. The molecule has 0 bridgehead atoms. The lowest BCUT2D eigenvalue weighted by atomic mass is 10.0. The van der Waals surface area contributed by atoms with Crippen molar-refractivity contribution in [1.29, 1.82) is 0 Å². The van der Waals surface area contributed by atoms with Gasteiger partial charge in [-0.1, -0.05) is 47.0 Å². The van der Waals surface area contributed by atoms with E-state index in [0.717, 1.165) is 5.56 Å². The molecule has 0 aromatic heterocycles. The summed E-state index contributed by atoms with van der Waals surface area (Å²) in [7, 11) is 0. The Morgan fingerprint density at radius 1 is 1.11 bits per heavy atom. The van der Waals surface area contributed by atoms with Gasteiger partial charge >= 0.3 is 0 Å². The normalized spacial score (nSPS) is 12.3. The Morgan fingerprint density at radius 3 is 2.32 bits per heavy atom. The van der Waals surface area contributed by atoms with Crippen molar-refractivity contribution in [3.8, 4) is 0 Å². The largest absolute Gasteiger partial charge is 0.375 e. The van der Waals surface area contributed by atoms with E-state index in [-0.39, 0.29) is 11.9 Å². The lowest BCUT2D eigenvalue weighted by Crippen LogP contribution is -2.09. The molecule has 0 aliphatic heterocycles. The fourth-order valence-corrected chi connectivity index (χ4v) is 2.41. The maximum Gasteiger partial charge on any atom is 0.147 e. The first-order chi connectivity index (χ1) is 8.97. The smallest absolute Gasteiger partial charge is 0.147 e. The van der Waals surface area contributed by atoms with Crippen LogP contribution in [0.25, 0.3) is 0 Å². The van der Waals surface area contributed by atoms with Crippen molar-refractivity contribution in [3.63, 3.8) is 0 Å². The molecule has 0 heterocycles. The molecular weight excluding hydrogens is 261 g/mol. The van der Waals surface area contributed by atoms with Gasteiger partial charge in [-0.15, -0.1) is 0 Å². The summed E-state index contributed by atoms with van der Waals surface area (Å²) in [6.45, 7) is 6.11. The second kappa shape index (κ2) is 5.62. The number of hydrogen-bond acceptors (Lipinski definition) is 1. The molecule has 3 heteroatoms. The van der Waals surface area contributed by atoms with Crippen LogP contribution >= 0.6 is 11.6 Å². The zero-order valence-electron chi connectivity index (χ0n) is 11.3. The Kier molecular flexibility index (Phi) is 4.11. The number of para-hydroxylation sites is 1. The summed E-state index contributed by atoms with van der Waals surface area (Å²) < 4.78 is 13.7. The van der Waals surface area contributed by atoms with Gasteiger partial charge in [0.1, 0.15) is 5.82 Å². The molecule has 2 aromatic carbocycles. The molecule has 100 valence electrons. The molecule has 19 heavy (non-hydrogen) atoms. The molecule has 0 aliphatic rings. The Labute approximate surface area is 118 Å². The predicted octanol–water partition coefficient (Wildman–Crippen LogP) is 5.27. The molecular formula is C16H17ClFN. The van der Waals surface area contributed by atoms with Gasteiger partial charge in [0.05, 0.1) is 10.7 Å². The first-order valence-electron chi connectivity index (χ1n) is 6.26. The van der Waals surface area contributed by atoms with Crippen molar-refractivity contribution in [2.24, 2.45) is 0 Å². The second-order valence-electron chi connectivity index (χ2n) is 4.88. The number of anilines is 1. The Morgan fingerprint density at radius 2 is 1.74 bits per heavy atom. The summed E-state index contributed by atoms with van der Waals surface area (Å²) in [5.74, 6) is -0.330. The topological polar surface area (TPSA) is 12.0 Å². The molecule has 0 spiro atoms. The predicted molar refractivity (Wildman–Crippen MR) is 79.4 cm³/mol. The van der Waals surface area contributed by atoms with E-state index in [9.17, 15) is 4.39 Å². The highest BCUT2D eigenvalue weighted by Gasteiger charge is 2.12. The van der Waals surface area contributed by atoms with Gasteiger partial charge in [0.25, 0.3) is 0 Å². The summed E-state index contributed by atoms with van der Waals surface area (Å²) in [6.07, 6.45) is 0. The van der Waals surface area contributed by atoms with Crippen molar-refractivity contribution < 1.29 is 4.39 Å². The van der Waals surface area contributed by atoms with Gasteiger partial charge in [0.15, 0.2) is 0 Å². The van der Waals surface area contributed by atoms with Gasteiger partial charge in [0, 0.05) is 6.04 Å². The number of benzene rings is 2. The zero-order chi connectivity index (χ0) is 14.0. The quantitative estimate of drug-likeness (QED) is 0.806. The third-order valence-electron chi connectivity index (χ3n) is 3.07. The molecule has 0 radical (unpaired) electrons. The summed E-state index contributed by atoms with van der Waals surface area (Å²) in [6, 6.07) is 11.0. The summed E-state index contributed by atoms with van der Waals surface area (Å²) in [5, 5.41) is 3.54. The van der Waals surface area contributed by atoms with Crippen LogP contribution in [-0.4, -0.2) is 0 Å². The van der Waals surface area contributed by atoms with Crippen LogP contribution < -0.4 is 5.32 Å². The second-order valence-corrected chi connectivity index (χ2v) is 5.29. The van der Waals surface area contributed by atoms with Gasteiger partial charge < -0.3 is 5.32 Å². The Bertz CT molecular complexity index is 555. The van der Waals surface area contributed by atoms with E-state index in [1.54, 1.807) is 12.1 Å². The molecule has 0 fully saturated rings. The van der Waals surface area contributed by atoms with Crippen LogP contribution in [0.4, 0.5) is 10.1 Å². The fraction of sp³-hybridized carbons (Fsp3) is 0.250. The molecule has 1 unspecified atom stereocenters. The third-order valence-corrected chi connectivity index (χ3v) is 3.38.